The molecule has 0 aliphatic rings. The maximum absolute atomic E-state index is 13.7. The van der Waals surface area contributed by atoms with Crippen LogP contribution >= 0.6 is 24.0 Å². The molecule has 0 unspecified atom stereocenters. The van der Waals surface area contributed by atoms with Crippen molar-refractivity contribution in [3.8, 4) is 0 Å². The number of carbonyl (C=O) groups is 1. The third-order valence-electron chi connectivity index (χ3n) is 5.26. The highest BCUT2D eigenvalue weighted by atomic mass is 35.5. The summed E-state index contributed by atoms with van der Waals surface area (Å²) >= 11 is 6.44. The van der Waals surface area contributed by atoms with Gasteiger partial charge >= 0.3 is 5.97 Å². The molecule has 0 radical (unpaired) electrons. The van der Waals surface area contributed by atoms with Gasteiger partial charge in [-0.25, -0.2) is 9.18 Å². The van der Waals surface area contributed by atoms with Gasteiger partial charge in [-0.15, -0.1) is 12.4 Å². The van der Waals surface area contributed by atoms with Crippen molar-refractivity contribution in [1.82, 2.24) is 10.2 Å². The molecule has 3 aromatic carbocycles. The van der Waals surface area contributed by atoms with E-state index in [0.29, 0.717) is 11.4 Å². The molecule has 0 aliphatic carbocycles. The maximum Gasteiger partial charge on any atom is 0.328 e. The van der Waals surface area contributed by atoms with Crippen LogP contribution in [0.5, 0.6) is 0 Å². The number of nitrogens with one attached hydrogen (secondary N) is 1. The Morgan fingerprint density at radius 1 is 1.09 bits per heavy atom. The van der Waals surface area contributed by atoms with Gasteiger partial charge in [-0.2, -0.15) is 5.10 Å². The predicted molar refractivity (Wildman–Crippen MR) is 134 cm³/mol. The topological polar surface area (TPSA) is 66.0 Å². The van der Waals surface area contributed by atoms with Crippen molar-refractivity contribution in [3.05, 3.63) is 106 Å². The van der Waals surface area contributed by atoms with E-state index in [0.717, 1.165) is 50.4 Å². The molecule has 0 aliphatic heterocycles. The summed E-state index contributed by atoms with van der Waals surface area (Å²) in [5, 5.41) is 17.3. The summed E-state index contributed by atoms with van der Waals surface area (Å²) in [6, 6.07) is 18.1. The second-order valence-corrected chi connectivity index (χ2v) is 7.70. The van der Waals surface area contributed by atoms with Gasteiger partial charge in [0.25, 0.3) is 0 Å². The van der Waals surface area contributed by atoms with Crippen molar-refractivity contribution < 1.29 is 14.3 Å². The van der Waals surface area contributed by atoms with Crippen LogP contribution in [-0.4, -0.2) is 21.3 Å². The van der Waals surface area contributed by atoms with Crippen molar-refractivity contribution in [2.24, 2.45) is 0 Å². The van der Waals surface area contributed by atoms with Gasteiger partial charge in [0.05, 0.1) is 16.7 Å². The molecule has 0 fully saturated rings. The molecule has 4 aromatic rings. The first kappa shape index (κ1) is 24.2. The normalized spacial score (nSPS) is 12.0. The van der Waals surface area contributed by atoms with E-state index in [1.165, 1.54) is 12.1 Å². The van der Waals surface area contributed by atoms with Gasteiger partial charge in [-0.1, -0.05) is 54.9 Å². The zero-order valence-corrected chi connectivity index (χ0v) is 19.3. The van der Waals surface area contributed by atoms with E-state index in [1.54, 1.807) is 18.3 Å². The lowest BCUT2D eigenvalue weighted by atomic mass is 9.87. The standard InChI is InChI=1S/C26H20ClFN2O2.ClH/c1-2-21(22-10-9-20(28)14-23(22)27)26(18-8-11-24-19(13-18)15-29-30-24)17-6-3-16(4-7-17)5-12-25(31)32;/h3-15H,2H2,1H3,(H,29,30)(H,31,32);1H/b12-5?,26-21+;. The summed E-state index contributed by atoms with van der Waals surface area (Å²) in [5.74, 6) is -1.38. The first-order valence-electron chi connectivity index (χ1n) is 10.1. The predicted octanol–water partition coefficient (Wildman–Crippen LogP) is 7.24. The van der Waals surface area contributed by atoms with Gasteiger partial charge < -0.3 is 5.11 Å². The van der Waals surface area contributed by atoms with E-state index >= 15 is 0 Å². The number of allylic oxidation sites excluding steroid dienone is 1. The monoisotopic (exact) mass is 482 g/mol. The van der Waals surface area contributed by atoms with Crippen LogP contribution in [0.4, 0.5) is 4.39 Å². The minimum Gasteiger partial charge on any atom is -0.478 e. The second kappa shape index (κ2) is 10.5. The van der Waals surface area contributed by atoms with Gasteiger partial charge in [-0.05, 0) is 70.2 Å². The number of H-pyrrole nitrogens is 1. The summed E-state index contributed by atoms with van der Waals surface area (Å²) in [5.41, 5.74) is 6.35. The molecule has 1 heterocycles. The number of fused-ring (bicyclic) bond motifs is 1. The number of nitrogens with zero attached hydrogens (tertiary/aromatic N) is 1. The van der Waals surface area contributed by atoms with E-state index in [1.807, 2.05) is 43.3 Å². The Hall–Kier alpha value is -3.41. The van der Waals surface area contributed by atoms with Gasteiger partial charge in [0.2, 0.25) is 0 Å². The fourth-order valence-corrected chi connectivity index (χ4v) is 4.06. The van der Waals surface area contributed by atoms with Gasteiger partial charge in [0.1, 0.15) is 5.82 Å². The van der Waals surface area contributed by atoms with E-state index < -0.39 is 5.97 Å². The number of aromatic amines is 1. The van der Waals surface area contributed by atoms with E-state index in [4.69, 9.17) is 16.7 Å². The van der Waals surface area contributed by atoms with Crippen LogP contribution < -0.4 is 0 Å². The summed E-state index contributed by atoms with van der Waals surface area (Å²) in [6.07, 6.45) is 5.09. The smallest absolute Gasteiger partial charge is 0.328 e. The zero-order valence-electron chi connectivity index (χ0n) is 17.7. The Bertz CT molecular complexity index is 1360. The van der Waals surface area contributed by atoms with Crippen LogP contribution in [0.2, 0.25) is 5.02 Å². The number of benzene rings is 3. The van der Waals surface area contributed by atoms with Crippen LogP contribution in [0, 0.1) is 5.82 Å². The van der Waals surface area contributed by atoms with Crippen molar-refractivity contribution in [2.45, 2.75) is 13.3 Å². The number of hydrogen-bond acceptors (Lipinski definition) is 2. The molecule has 0 spiro atoms. The first-order valence-corrected chi connectivity index (χ1v) is 10.5. The molecule has 0 saturated carbocycles. The van der Waals surface area contributed by atoms with Crippen molar-refractivity contribution >= 4 is 58.1 Å². The molecular formula is C26H21Cl2FN2O2. The zero-order chi connectivity index (χ0) is 22.7. The highest BCUT2D eigenvalue weighted by Crippen LogP contribution is 2.38. The fraction of sp³-hybridized carbons (Fsp3) is 0.0769. The van der Waals surface area contributed by atoms with Crippen molar-refractivity contribution in [1.29, 1.82) is 0 Å². The van der Waals surface area contributed by atoms with Crippen LogP contribution in [0.1, 0.15) is 35.6 Å². The van der Waals surface area contributed by atoms with Gasteiger partial charge in [0, 0.05) is 11.5 Å². The lowest BCUT2D eigenvalue weighted by Gasteiger charge is -2.17. The van der Waals surface area contributed by atoms with Crippen molar-refractivity contribution in [2.75, 3.05) is 0 Å². The maximum atomic E-state index is 13.7. The summed E-state index contributed by atoms with van der Waals surface area (Å²) in [6.45, 7) is 2.04. The van der Waals surface area contributed by atoms with Crippen LogP contribution in [-0.2, 0) is 4.79 Å². The molecule has 168 valence electrons. The Morgan fingerprint density at radius 2 is 1.82 bits per heavy atom. The lowest BCUT2D eigenvalue weighted by Crippen LogP contribution is -1.96. The molecule has 4 nitrogen and oxygen atoms in total. The quantitative estimate of drug-likeness (QED) is 0.224. The Morgan fingerprint density at radius 3 is 2.48 bits per heavy atom. The molecule has 2 N–H and O–H groups in total. The lowest BCUT2D eigenvalue weighted by molar-refractivity contribution is -0.131. The van der Waals surface area contributed by atoms with Crippen LogP contribution in [0.25, 0.3) is 28.1 Å². The number of carboxylic acid groups (broad SMARTS) is 1. The minimum atomic E-state index is -0.998. The number of aliphatic carboxylic acids is 1. The van der Waals surface area contributed by atoms with E-state index in [-0.39, 0.29) is 18.2 Å². The number of halogens is 3. The third kappa shape index (κ3) is 5.33. The largest absolute Gasteiger partial charge is 0.478 e. The van der Waals surface area contributed by atoms with Crippen molar-refractivity contribution in [3.63, 3.8) is 0 Å². The van der Waals surface area contributed by atoms with E-state index in [9.17, 15) is 9.18 Å². The highest BCUT2D eigenvalue weighted by Gasteiger charge is 2.16. The molecule has 1 aromatic heterocycles. The Balaban J connectivity index is 0.00000306. The highest BCUT2D eigenvalue weighted by molar-refractivity contribution is 6.32. The van der Waals surface area contributed by atoms with Gasteiger partial charge in [-0.3, -0.25) is 5.10 Å². The van der Waals surface area contributed by atoms with Gasteiger partial charge in [0.15, 0.2) is 0 Å². The Kier molecular flexibility index (Phi) is 7.69. The summed E-state index contributed by atoms with van der Waals surface area (Å²) < 4.78 is 13.7. The minimum absolute atomic E-state index is 0. The number of hydrogen-bond donors (Lipinski definition) is 2. The number of aromatic nitrogens is 2. The number of rotatable bonds is 6. The molecule has 33 heavy (non-hydrogen) atoms. The van der Waals surface area contributed by atoms with Crippen LogP contribution in [0.3, 0.4) is 0 Å². The molecule has 0 atom stereocenters. The molecule has 0 bridgehead atoms. The Labute approximate surface area is 201 Å². The average molecular weight is 483 g/mol. The average Bonchev–Trinajstić information content (AvgIpc) is 3.25. The fourth-order valence-electron chi connectivity index (χ4n) is 3.78. The van der Waals surface area contributed by atoms with E-state index in [2.05, 4.69) is 16.3 Å². The molecule has 0 saturated heterocycles. The molecule has 7 heteroatoms. The summed E-state index contributed by atoms with van der Waals surface area (Å²) in [4.78, 5) is 10.8. The van der Waals surface area contributed by atoms with Crippen LogP contribution in [0.15, 0.2) is 72.9 Å². The third-order valence-corrected chi connectivity index (χ3v) is 5.57. The molecule has 4 rings (SSSR count). The molecular weight excluding hydrogens is 462 g/mol. The first-order chi connectivity index (χ1) is 15.5. The number of carboxylic acids is 1. The summed E-state index contributed by atoms with van der Waals surface area (Å²) in [7, 11) is 0. The SMILES string of the molecule is CC/C(=C(/c1ccc(C=CC(=O)O)cc1)c1ccc2[nH]ncc2c1)c1ccc(F)cc1Cl.Cl. The second-order valence-electron chi connectivity index (χ2n) is 7.30. The molecule has 0 amide bonds.